The molecule has 0 heterocycles. The Bertz CT molecular complexity index is 444. The molecule has 0 atom stereocenters. The Labute approximate surface area is 106 Å². The van der Waals surface area contributed by atoms with Crippen molar-refractivity contribution in [1.82, 2.24) is 4.90 Å². The van der Waals surface area contributed by atoms with E-state index in [-0.39, 0.29) is 17.7 Å². The first-order chi connectivity index (χ1) is 8.67. The standard InChI is InChI=1S/C13H18N2O3/c1-18-10-4-5-11(12(16)8-10)13(17)15(7-6-14)9-2-3-9/h4-5,8-9,16H,2-3,6-7,14H2,1H3. The van der Waals surface area contributed by atoms with E-state index in [2.05, 4.69) is 0 Å². The lowest BCUT2D eigenvalue weighted by Crippen LogP contribution is -2.37. The summed E-state index contributed by atoms with van der Waals surface area (Å²) in [6, 6.07) is 4.98. The van der Waals surface area contributed by atoms with Crippen LogP contribution < -0.4 is 10.5 Å². The van der Waals surface area contributed by atoms with Crippen molar-refractivity contribution < 1.29 is 14.6 Å². The lowest BCUT2D eigenvalue weighted by atomic mass is 10.1. The minimum atomic E-state index is -0.164. The number of carbonyl (C=O) groups is 1. The molecule has 1 aromatic carbocycles. The van der Waals surface area contributed by atoms with Gasteiger partial charge >= 0.3 is 0 Å². The minimum absolute atomic E-state index is 0.0537. The largest absolute Gasteiger partial charge is 0.507 e. The molecule has 0 saturated heterocycles. The van der Waals surface area contributed by atoms with Crippen LogP contribution in [0.4, 0.5) is 0 Å². The molecule has 1 fully saturated rings. The van der Waals surface area contributed by atoms with Gasteiger partial charge in [0.2, 0.25) is 0 Å². The summed E-state index contributed by atoms with van der Waals surface area (Å²) in [5.41, 5.74) is 5.82. The van der Waals surface area contributed by atoms with E-state index in [9.17, 15) is 9.90 Å². The number of nitrogens with zero attached hydrogens (tertiary/aromatic N) is 1. The number of ether oxygens (including phenoxy) is 1. The van der Waals surface area contributed by atoms with Crippen LogP contribution in [0.15, 0.2) is 18.2 Å². The smallest absolute Gasteiger partial charge is 0.257 e. The second kappa shape index (κ2) is 5.27. The van der Waals surface area contributed by atoms with Gasteiger partial charge in [0.25, 0.3) is 5.91 Å². The van der Waals surface area contributed by atoms with Crippen molar-refractivity contribution in [3.63, 3.8) is 0 Å². The van der Waals surface area contributed by atoms with Crippen LogP contribution in [-0.2, 0) is 0 Å². The van der Waals surface area contributed by atoms with Crippen molar-refractivity contribution in [3.8, 4) is 11.5 Å². The van der Waals surface area contributed by atoms with Crippen LogP contribution in [0.1, 0.15) is 23.2 Å². The third-order valence-electron chi connectivity index (χ3n) is 3.05. The van der Waals surface area contributed by atoms with Crippen LogP contribution in [-0.4, -0.2) is 42.2 Å². The maximum absolute atomic E-state index is 12.3. The number of carbonyl (C=O) groups excluding carboxylic acids is 1. The molecule has 0 bridgehead atoms. The van der Waals surface area contributed by atoms with Gasteiger partial charge < -0.3 is 20.5 Å². The van der Waals surface area contributed by atoms with Gasteiger partial charge in [-0.1, -0.05) is 0 Å². The predicted molar refractivity (Wildman–Crippen MR) is 67.8 cm³/mol. The second-order valence-corrected chi connectivity index (χ2v) is 4.40. The number of amides is 1. The van der Waals surface area contributed by atoms with Crippen molar-refractivity contribution >= 4 is 5.91 Å². The first-order valence-electron chi connectivity index (χ1n) is 6.05. The summed E-state index contributed by atoms with van der Waals surface area (Å²) in [5.74, 6) is 0.311. The molecule has 0 aromatic heterocycles. The topological polar surface area (TPSA) is 75.8 Å². The number of hydrogen-bond acceptors (Lipinski definition) is 4. The first-order valence-corrected chi connectivity index (χ1v) is 6.05. The van der Waals surface area contributed by atoms with E-state index in [0.29, 0.717) is 24.4 Å². The Hall–Kier alpha value is -1.75. The Kier molecular flexibility index (Phi) is 3.72. The number of phenols is 1. The summed E-state index contributed by atoms with van der Waals surface area (Å²) in [6.07, 6.45) is 2.03. The first kappa shape index (κ1) is 12.7. The molecule has 5 heteroatoms. The molecule has 18 heavy (non-hydrogen) atoms. The summed E-state index contributed by atoms with van der Waals surface area (Å²) in [7, 11) is 1.52. The van der Waals surface area contributed by atoms with Crippen LogP contribution >= 0.6 is 0 Å². The second-order valence-electron chi connectivity index (χ2n) is 4.40. The molecule has 2 rings (SSSR count). The fourth-order valence-electron chi connectivity index (χ4n) is 1.95. The zero-order valence-corrected chi connectivity index (χ0v) is 10.4. The van der Waals surface area contributed by atoms with Gasteiger partial charge in [-0.05, 0) is 25.0 Å². The Balaban J connectivity index is 2.21. The fraction of sp³-hybridized carbons (Fsp3) is 0.462. The van der Waals surface area contributed by atoms with E-state index in [1.54, 1.807) is 17.0 Å². The van der Waals surface area contributed by atoms with Gasteiger partial charge in [0.05, 0.1) is 12.7 Å². The molecule has 98 valence electrons. The Morgan fingerprint density at radius 1 is 1.56 bits per heavy atom. The lowest BCUT2D eigenvalue weighted by Gasteiger charge is -2.22. The molecule has 3 N–H and O–H groups in total. The summed E-state index contributed by atoms with van der Waals surface area (Å²) >= 11 is 0. The van der Waals surface area contributed by atoms with Crippen molar-refractivity contribution in [2.75, 3.05) is 20.2 Å². The molecule has 0 spiro atoms. The van der Waals surface area contributed by atoms with Gasteiger partial charge in [-0.3, -0.25) is 4.79 Å². The van der Waals surface area contributed by atoms with E-state index in [0.717, 1.165) is 12.8 Å². The van der Waals surface area contributed by atoms with E-state index in [1.807, 2.05) is 0 Å². The SMILES string of the molecule is COc1ccc(C(=O)N(CCN)C2CC2)c(O)c1. The highest BCUT2D eigenvalue weighted by Gasteiger charge is 2.33. The van der Waals surface area contributed by atoms with Crippen molar-refractivity contribution in [2.45, 2.75) is 18.9 Å². The zero-order chi connectivity index (χ0) is 13.1. The third kappa shape index (κ3) is 2.56. The quantitative estimate of drug-likeness (QED) is 0.816. The van der Waals surface area contributed by atoms with Crippen LogP contribution in [0.2, 0.25) is 0 Å². The molecule has 5 nitrogen and oxygen atoms in total. The molecular formula is C13H18N2O3. The molecule has 1 amide bonds. The van der Waals surface area contributed by atoms with E-state index in [4.69, 9.17) is 10.5 Å². The van der Waals surface area contributed by atoms with E-state index < -0.39 is 0 Å². The molecular weight excluding hydrogens is 232 g/mol. The lowest BCUT2D eigenvalue weighted by molar-refractivity contribution is 0.0745. The van der Waals surface area contributed by atoms with Crippen LogP contribution in [0.3, 0.4) is 0 Å². The highest BCUT2D eigenvalue weighted by molar-refractivity contribution is 5.97. The monoisotopic (exact) mass is 250 g/mol. The molecule has 0 unspecified atom stereocenters. The predicted octanol–water partition coefficient (Wildman–Crippen LogP) is 0.964. The van der Waals surface area contributed by atoms with Gasteiger partial charge in [-0.2, -0.15) is 0 Å². The van der Waals surface area contributed by atoms with Crippen molar-refractivity contribution in [2.24, 2.45) is 5.73 Å². The van der Waals surface area contributed by atoms with Gasteiger partial charge in [-0.25, -0.2) is 0 Å². The number of nitrogens with two attached hydrogens (primary N) is 1. The van der Waals surface area contributed by atoms with Crippen molar-refractivity contribution in [1.29, 1.82) is 0 Å². The molecule has 0 radical (unpaired) electrons. The molecule has 1 aliphatic rings. The number of hydrogen-bond donors (Lipinski definition) is 2. The van der Waals surface area contributed by atoms with Crippen LogP contribution in [0.25, 0.3) is 0 Å². The Morgan fingerprint density at radius 3 is 2.78 bits per heavy atom. The van der Waals surface area contributed by atoms with Gasteiger partial charge in [-0.15, -0.1) is 0 Å². The third-order valence-corrected chi connectivity index (χ3v) is 3.05. The van der Waals surface area contributed by atoms with Crippen LogP contribution in [0.5, 0.6) is 11.5 Å². The van der Waals surface area contributed by atoms with E-state index >= 15 is 0 Å². The summed E-state index contributed by atoms with van der Waals surface area (Å²) in [6.45, 7) is 0.953. The molecule has 0 aliphatic heterocycles. The summed E-state index contributed by atoms with van der Waals surface area (Å²) < 4.78 is 4.99. The zero-order valence-electron chi connectivity index (χ0n) is 10.4. The number of methoxy groups -OCH3 is 1. The molecule has 1 aliphatic carbocycles. The van der Waals surface area contributed by atoms with Gasteiger partial charge in [0, 0.05) is 25.2 Å². The minimum Gasteiger partial charge on any atom is -0.507 e. The van der Waals surface area contributed by atoms with E-state index in [1.165, 1.54) is 13.2 Å². The number of rotatable bonds is 5. The fourth-order valence-corrected chi connectivity index (χ4v) is 1.95. The highest BCUT2D eigenvalue weighted by atomic mass is 16.5. The number of aromatic hydroxyl groups is 1. The van der Waals surface area contributed by atoms with Gasteiger partial charge in [0.1, 0.15) is 11.5 Å². The maximum atomic E-state index is 12.3. The molecule has 1 saturated carbocycles. The average molecular weight is 250 g/mol. The van der Waals surface area contributed by atoms with Crippen molar-refractivity contribution in [3.05, 3.63) is 23.8 Å². The van der Waals surface area contributed by atoms with Gasteiger partial charge in [0.15, 0.2) is 0 Å². The Morgan fingerprint density at radius 2 is 2.28 bits per heavy atom. The molecule has 1 aromatic rings. The number of phenolic OH excluding ortho intramolecular Hbond substituents is 1. The number of benzene rings is 1. The summed E-state index contributed by atoms with van der Waals surface area (Å²) in [4.78, 5) is 14.0. The van der Waals surface area contributed by atoms with Crippen LogP contribution in [0, 0.1) is 0 Å². The maximum Gasteiger partial charge on any atom is 0.257 e. The summed E-state index contributed by atoms with van der Waals surface area (Å²) in [5, 5.41) is 9.85. The average Bonchev–Trinajstić information content (AvgIpc) is 3.19. The normalized spacial score (nSPS) is 14.3. The highest BCUT2D eigenvalue weighted by Crippen LogP contribution is 2.31.